The minimum absolute atomic E-state index is 0.141. The van der Waals surface area contributed by atoms with Gasteiger partial charge < -0.3 is 15.2 Å². The fourth-order valence-corrected chi connectivity index (χ4v) is 3.71. The van der Waals surface area contributed by atoms with E-state index in [0.29, 0.717) is 10.7 Å². The number of anilines is 2. The van der Waals surface area contributed by atoms with Crippen molar-refractivity contribution >= 4 is 23.0 Å². The molecule has 0 unspecified atom stereocenters. The molecule has 3 heterocycles. The van der Waals surface area contributed by atoms with Crippen LogP contribution in [0.5, 0.6) is 0 Å². The van der Waals surface area contributed by atoms with E-state index in [-0.39, 0.29) is 19.2 Å². The van der Waals surface area contributed by atoms with Crippen LogP contribution in [0, 0.1) is 6.92 Å². The molecular weight excluding hydrogens is 393 g/mol. The van der Waals surface area contributed by atoms with E-state index < -0.39 is 17.5 Å². The van der Waals surface area contributed by atoms with Crippen LogP contribution < -0.4 is 5.32 Å². The number of rotatable bonds is 4. The van der Waals surface area contributed by atoms with Crippen molar-refractivity contribution in [3.8, 4) is 10.4 Å². The first-order valence-electron chi connectivity index (χ1n) is 8.29. The number of aromatic nitrogens is 3. The van der Waals surface area contributed by atoms with Crippen LogP contribution in [-0.4, -0.2) is 33.3 Å². The number of ether oxygens (including phenoxy) is 1. The van der Waals surface area contributed by atoms with Crippen molar-refractivity contribution in [1.82, 2.24) is 15.0 Å². The standard InChI is InChI=1S/C18H15F3N4O2S/c1-10-4-11(13-7-23-15(28-13)17(26)8-27-9-17)6-12(5-10)24-16-22-3-2-14(25-16)18(19,20)21/h2-7,26H,8-9H2,1H3,(H,22,24,25). The summed E-state index contributed by atoms with van der Waals surface area (Å²) in [5.74, 6) is -0.141. The molecule has 1 saturated heterocycles. The van der Waals surface area contributed by atoms with Crippen LogP contribution in [0.25, 0.3) is 10.4 Å². The molecule has 146 valence electrons. The van der Waals surface area contributed by atoms with Crippen LogP contribution in [0.15, 0.2) is 36.7 Å². The molecule has 10 heteroatoms. The zero-order chi connectivity index (χ0) is 19.9. The summed E-state index contributed by atoms with van der Waals surface area (Å²) in [5, 5.41) is 13.7. The summed E-state index contributed by atoms with van der Waals surface area (Å²) in [6.45, 7) is 2.30. The van der Waals surface area contributed by atoms with Crippen molar-refractivity contribution < 1.29 is 23.0 Å². The van der Waals surface area contributed by atoms with Gasteiger partial charge >= 0.3 is 6.18 Å². The first kappa shape index (κ1) is 18.8. The lowest BCUT2D eigenvalue weighted by molar-refractivity contribution is -0.184. The maximum absolute atomic E-state index is 12.8. The minimum Gasteiger partial charge on any atom is -0.378 e. The molecule has 2 N–H and O–H groups in total. The number of alkyl halides is 3. The lowest BCUT2D eigenvalue weighted by Crippen LogP contribution is -2.46. The quantitative estimate of drug-likeness (QED) is 0.682. The number of aryl methyl sites for hydroxylation is 1. The van der Waals surface area contributed by atoms with Gasteiger partial charge in [-0.1, -0.05) is 6.07 Å². The number of halogens is 3. The lowest BCUT2D eigenvalue weighted by Gasteiger charge is -2.34. The smallest absolute Gasteiger partial charge is 0.378 e. The van der Waals surface area contributed by atoms with Crippen LogP contribution >= 0.6 is 11.3 Å². The summed E-state index contributed by atoms with van der Waals surface area (Å²) < 4.78 is 43.6. The van der Waals surface area contributed by atoms with E-state index in [0.717, 1.165) is 28.3 Å². The molecule has 0 amide bonds. The second-order valence-electron chi connectivity index (χ2n) is 6.53. The third-order valence-electron chi connectivity index (χ3n) is 4.15. The van der Waals surface area contributed by atoms with Gasteiger partial charge in [0.15, 0.2) is 5.60 Å². The molecule has 0 spiro atoms. The van der Waals surface area contributed by atoms with Gasteiger partial charge in [0.1, 0.15) is 10.7 Å². The SMILES string of the molecule is Cc1cc(Nc2nccc(C(F)(F)F)n2)cc(-c2cnc(C3(O)COC3)s2)c1. The zero-order valence-corrected chi connectivity index (χ0v) is 15.4. The Balaban J connectivity index is 1.61. The number of benzene rings is 1. The average molecular weight is 408 g/mol. The van der Waals surface area contributed by atoms with Gasteiger partial charge in [0.25, 0.3) is 0 Å². The summed E-state index contributed by atoms with van der Waals surface area (Å²) in [6, 6.07) is 6.30. The summed E-state index contributed by atoms with van der Waals surface area (Å²) in [6.07, 6.45) is -1.82. The van der Waals surface area contributed by atoms with Crippen LogP contribution in [0.3, 0.4) is 0 Å². The van der Waals surface area contributed by atoms with E-state index in [9.17, 15) is 18.3 Å². The lowest BCUT2D eigenvalue weighted by atomic mass is 10.0. The van der Waals surface area contributed by atoms with Gasteiger partial charge in [0.05, 0.1) is 18.1 Å². The minimum atomic E-state index is -4.54. The number of aliphatic hydroxyl groups is 1. The summed E-state index contributed by atoms with van der Waals surface area (Å²) in [7, 11) is 0. The molecule has 3 aromatic rings. The molecule has 0 bridgehead atoms. The predicted octanol–water partition coefficient (Wildman–Crippen LogP) is 3.89. The topological polar surface area (TPSA) is 80.2 Å². The van der Waals surface area contributed by atoms with E-state index in [1.165, 1.54) is 11.3 Å². The average Bonchev–Trinajstić information content (AvgIpc) is 3.09. The number of nitrogens with zero attached hydrogens (tertiary/aromatic N) is 3. The Bertz CT molecular complexity index is 1020. The van der Waals surface area contributed by atoms with Crippen molar-refractivity contribution in [3.63, 3.8) is 0 Å². The summed E-state index contributed by atoms with van der Waals surface area (Å²) >= 11 is 1.35. The molecule has 0 atom stereocenters. The van der Waals surface area contributed by atoms with Crippen LogP contribution in [0.1, 0.15) is 16.3 Å². The highest BCUT2D eigenvalue weighted by molar-refractivity contribution is 7.15. The Morgan fingerprint density at radius 1 is 1.21 bits per heavy atom. The zero-order valence-electron chi connectivity index (χ0n) is 14.6. The molecule has 1 aliphatic rings. The molecule has 0 aliphatic carbocycles. The van der Waals surface area contributed by atoms with Gasteiger partial charge in [-0.05, 0) is 36.2 Å². The Morgan fingerprint density at radius 2 is 2.00 bits per heavy atom. The Hall–Kier alpha value is -2.56. The van der Waals surface area contributed by atoms with E-state index in [2.05, 4.69) is 20.3 Å². The maximum atomic E-state index is 12.8. The van der Waals surface area contributed by atoms with E-state index in [4.69, 9.17) is 4.74 Å². The van der Waals surface area contributed by atoms with Gasteiger partial charge in [-0.15, -0.1) is 11.3 Å². The Morgan fingerprint density at radius 3 is 2.68 bits per heavy atom. The molecular formula is C18H15F3N4O2S. The van der Waals surface area contributed by atoms with Gasteiger partial charge in [0.2, 0.25) is 5.95 Å². The molecule has 6 nitrogen and oxygen atoms in total. The molecule has 28 heavy (non-hydrogen) atoms. The normalized spacial score (nSPS) is 15.9. The first-order chi connectivity index (χ1) is 13.2. The second-order valence-corrected chi connectivity index (χ2v) is 7.56. The monoisotopic (exact) mass is 408 g/mol. The van der Waals surface area contributed by atoms with E-state index in [1.54, 1.807) is 18.3 Å². The molecule has 4 rings (SSSR count). The summed E-state index contributed by atoms with van der Waals surface area (Å²) in [4.78, 5) is 12.5. The first-order valence-corrected chi connectivity index (χ1v) is 9.10. The number of hydrogen-bond donors (Lipinski definition) is 2. The highest BCUT2D eigenvalue weighted by Crippen LogP contribution is 2.37. The highest BCUT2D eigenvalue weighted by atomic mass is 32.1. The summed E-state index contributed by atoms with van der Waals surface area (Å²) in [5.41, 5.74) is 0.213. The van der Waals surface area contributed by atoms with Gasteiger partial charge in [0, 0.05) is 18.1 Å². The van der Waals surface area contributed by atoms with E-state index >= 15 is 0 Å². The van der Waals surface area contributed by atoms with Crippen LogP contribution in [0.2, 0.25) is 0 Å². The van der Waals surface area contributed by atoms with Crippen molar-refractivity contribution in [1.29, 1.82) is 0 Å². The molecule has 0 radical (unpaired) electrons. The van der Waals surface area contributed by atoms with Crippen molar-refractivity contribution in [2.45, 2.75) is 18.7 Å². The largest absolute Gasteiger partial charge is 0.433 e. The maximum Gasteiger partial charge on any atom is 0.433 e. The molecule has 1 aromatic carbocycles. The second kappa shape index (κ2) is 6.80. The molecule has 2 aromatic heterocycles. The van der Waals surface area contributed by atoms with Crippen molar-refractivity contribution in [3.05, 3.63) is 52.9 Å². The highest BCUT2D eigenvalue weighted by Gasteiger charge is 2.41. The number of hydrogen-bond acceptors (Lipinski definition) is 7. The third-order valence-corrected chi connectivity index (χ3v) is 5.39. The Kier molecular flexibility index (Phi) is 4.56. The third kappa shape index (κ3) is 3.71. The molecule has 0 saturated carbocycles. The van der Waals surface area contributed by atoms with Crippen molar-refractivity contribution in [2.24, 2.45) is 0 Å². The number of thiazole rings is 1. The predicted molar refractivity (Wildman–Crippen MR) is 97.3 cm³/mol. The van der Waals surface area contributed by atoms with Crippen LogP contribution in [-0.2, 0) is 16.5 Å². The molecule has 1 aliphatic heterocycles. The van der Waals surface area contributed by atoms with Gasteiger partial charge in [-0.2, -0.15) is 13.2 Å². The number of nitrogens with one attached hydrogen (secondary N) is 1. The van der Waals surface area contributed by atoms with Crippen LogP contribution in [0.4, 0.5) is 24.8 Å². The Labute approximate surface area is 162 Å². The fourth-order valence-electron chi connectivity index (χ4n) is 2.75. The van der Waals surface area contributed by atoms with Crippen molar-refractivity contribution in [2.75, 3.05) is 18.5 Å². The van der Waals surface area contributed by atoms with Gasteiger partial charge in [-0.3, -0.25) is 0 Å². The van der Waals surface area contributed by atoms with Gasteiger partial charge in [-0.25, -0.2) is 15.0 Å². The van der Waals surface area contributed by atoms with E-state index in [1.807, 2.05) is 13.0 Å². The fraction of sp³-hybridized carbons (Fsp3) is 0.278. The molecule has 1 fully saturated rings.